The van der Waals surface area contributed by atoms with Gasteiger partial charge < -0.3 is 0 Å². The lowest BCUT2D eigenvalue weighted by Gasteiger charge is -2.17. The zero-order chi connectivity index (χ0) is 13.6. The van der Waals surface area contributed by atoms with Crippen LogP contribution in [0.25, 0.3) is 0 Å². The van der Waals surface area contributed by atoms with Crippen LogP contribution in [-0.2, 0) is 0 Å². The van der Waals surface area contributed by atoms with Crippen LogP contribution in [-0.4, -0.2) is 7.18 Å². The van der Waals surface area contributed by atoms with Gasteiger partial charge in [-0.15, -0.1) is 0 Å². The maximum Gasteiger partial charge on any atom is 0.0785 e. The molecule has 0 saturated heterocycles. The van der Waals surface area contributed by atoms with Gasteiger partial charge in [0.1, 0.15) is 0 Å². The fraction of sp³-hybridized carbons (Fsp3) is 1.00. The van der Waals surface area contributed by atoms with Gasteiger partial charge in [0.05, 0.1) is 7.18 Å². The molecule has 0 aliphatic rings. The minimum atomic E-state index is 0.500. The van der Waals surface area contributed by atoms with Gasteiger partial charge in [-0.05, 0) is 11.8 Å². The molecule has 0 fully saturated rings. The van der Waals surface area contributed by atoms with Crippen molar-refractivity contribution in [1.82, 2.24) is 0 Å². The Morgan fingerprint density at radius 2 is 1.00 bits per heavy atom. The molecular weight excluding hydrogens is 211 g/mol. The number of hydrogen-bond donors (Lipinski definition) is 0. The smallest absolute Gasteiger partial charge is 0.0785 e. The molecule has 1 heteroatoms. The number of hydrogen-bond acceptors (Lipinski definition) is 0. The summed E-state index contributed by atoms with van der Waals surface area (Å²) in [6.45, 7) is 9.32. The van der Waals surface area contributed by atoms with Crippen LogP contribution in [0.3, 0.4) is 0 Å². The fourth-order valence-corrected chi connectivity index (χ4v) is 1.97. The van der Waals surface area contributed by atoms with Crippen LogP contribution in [0, 0.1) is 5.41 Å². The van der Waals surface area contributed by atoms with Gasteiger partial charge in [-0.3, -0.25) is 4.39 Å². The second kappa shape index (κ2) is 14.0. The maximum absolute atomic E-state index is 9.50. The molecule has 0 N–H and O–H groups in total. The molecule has 0 aliphatic heterocycles. The first-order valence-electron chi connectivity index (χ1n) is 7.44. The summed E-state index contributed by atoms with van der Waals surface area (Å²) in [5, 5.41) is 0. The molecule has 0 saturated carbocycles. The third-order valence-corrected chi connectivity index (χ3v) is 3.03. The summed E-state index contributed by atoms with van der Waals surface area (Å²) in [6.07, 6.45) is 14.4. The molecule has 0 nitrogen and oxygen atoms in total. The van der Waals surface area contributed by atoms with E-state index in [4.69, 9.17) is 0 Å². The summed E-state index contributed by atoms with van der Waals surface area (Å²) in [4.78, 5) is 0. The molecule has 0 radical (unpaired) electrons. The SMILES string of the molecule is CCCCCCCCCCCC(C)(C)C.CF. The average Bonchev–Trinajstić information content (AvgIpc) is 2.28. The van der Waals surface area contributed by atoms with Crippen LogP contribution in [0.15, 0.2) is 0 Å². The third-order valence-electron chi connectivity index (χ3n) is 3.03. The van der Waals surface area contributed by atoms with E-state index in [1.807, 2.05) is 0 Å². The molecule has 0 bridgehead atoms. The molecule has 0 unspecified atom stereocenters. The van der Waals surface area contributed by atoms with E-state index >= 15 is 0 Å². The summed E-state index contributed by atoms with van der Waals surface area (Å²) in [5.41, 5.74) is 0.543. The highest BCUT2D eigenvalue weighted by molar-refractivity contribution is 4.60. The highest BCUT2D eigenvalue weighted by Crippen LogP contribution is 2.22. The van der Waals surface area contributed by atoms with Gasteiger partial charge in [-0.1, -0.05) is 85.5 Å². The Hall–Kier alpha value is -0.0700. The Morgan fingerprint density at radius 1 is 0.647 bits per heavy atom. The number of rotatable bonds is 9. The fourth-order valence-electron chi connectivity index (χ4n) is 1.97. The van der Waals surface area contributed by atoms with Crippen molar-refractivity contribution in [2.24, 2.45) is 5.41 Å². The Balaban J connectivity index is 0. The molecule has 0 spiro atoms. The molecule has 0 aromatic carbocycles. The maximum atomic E-state index is 9.50. The van der Waals surface area contributed by atoms with Gasteiger partial charge >= 0.3 is 0 Å². The normalized spacial score (nSPS) is 10.9. The number of unbranched alkanes of at least 4 members (excludes halogenated alkanes) is 8. The van der Waals surface area contributed by atoms with Crippen molar-refractivity contribution in [2.75, 3.05) is 7.18 Å². The zero-order valence-corrected chi connectivity index (χ0v) is 12.9. The van der Waals surface area contributed by atoms with Gasteiger partial charge in [0, 0.05) is 0 Å². The molecule has 17 heavy (non-hydrogen) atoms. The average molecular weight is 246 g/mol. The highest BCUT2D eigenvalue weighted by atomic mass is 19.1. The Labute approximate surface area is 109 Å². The summed E-state index contributed by atoms with van der Waals surface area (Å²) >= 11 is 0. The van der Waals surface area contributed by atoms with Crippen molar-refractivity contribution in [1.29, 1.82) is 0 Å². The first kappa shape index (κ1) is 19.3. The van der Waals surface area contributed by atoms with Gasteiger partial charge in [0.2, 0.25) is 0 Å². The summed E-state index contributed by atoms with van der Waals surface area (Å²) < 4.78 is 9.50. The van der Waals surface area contributed by atoms with E-state index in [1.165, 1.54) is 64.2 Å². The standard InChI is InChI=1S/C15H32.CH3F/c1-5-6-7-8-9-10-11-12-13-14-15(2,3)4;1-2/h5-14H2,1-4H3;1H3. The molecule has 0 amide bonds. The van der Waals surface area contributed by atoms with Crippen LogP contribution in [0.2, 0.25) is 0 Å². The summed E-state index contributed by atoms with van der Waals surface area (Å²) in [7, 11) is 0.500. The van der Waals surface area contributed by atoms with Crippen molar-refractivity contribution < 1.29 is 4.39 Å². The van der Waals surface area contributed by atoms with Gasteiger partial charge in [-0.2, -0.15) is 0 Å². The van der Waals surface area contributed by atoms with E-state index in [1.54, 1.807) is 0 Å². The molecule has 0 aliphatic carbocycles. The van der Waals surface area contributed by atoms with Crippen molar-refractivity contribution in [2.45, 2.75) is 91.9 Å². The lowest BCUT2D eigenvalue weighted by atomic mass is 9.89. The third kappa shape index (κ3) is 21.7. The van der Waals surface area contributed by atoms with Gasteiger partial charge in [0.15, 0.2) is 0 Å². The van der Waals surface area contributed by atoms with E-state index < -0.39 is 0 Å². The monoisotopic (exact) mass is 246 g/mol. The topological polar surface area (TPSA) is 0 Å². The Morgan fingerprint density at radius 3 is 1.35 bits per heavy atom. The lowest BCUT2D eigenvalue weighted by molar-refractivity contribution is 0.356. The van der Waals surface area contributed by atoms with Crippen LogP contribution < -0.4 is 0 Å². The van der Waals surface area contributed by atoms with Crippen molar-refractivity contribution in [3.63, 3.8) is 0 Å². The van der Waals surface area contributed by atoms with Crippen molar-refractivity contribution in [3.05, 3.63) is 0 Å². The number of alkyl halides is 1. The first-order chi connectivity index (χ1) is 8.06. The van der Waals surface area contributed by atoms with Crippen molar-refractivity contribution in [3.8, 4) is 0 Å². The lowest BCUT2D eigenvalue weighted by Crippen LogP contribution is -2.03. The number of halogens is 1. The van der Waals surface area contributed by atoms with Gasteiger partial charge in [0.25, 0.3) is 0 Å². The van der Waals surface area contributed by atoms with E-state index in [2.05, 4.69) is 27.7 Å². The van der Waals surface area contributed by atoms with Crippen LogP contribution in [0.1, 0.15) is 91.9 Å². The molecular formula is C16H35F. The van der Waals surface area contributed by atoms with E-state index in [0.29, 0.717) is 12.6 Å². The predicted octanol–water partition coefficient (Wildman–Crippen LogP) is 6.54. The molecule has 0 heterocycles. The van der Waals surface area contributed by atoms with E-state index in [9.17, 15) is 4.39 Å². The predicted molar refractivity (Wildman–Crippen MR) is 78.3 cm³/mol. The summed E-state index contributed by atoms with van der Waals surface area (Å²) in [6, 6.07) is 0. The molecule has 0 aromatic heterocycles. The van der Waals surface area contributed by atoms with Crippen molar-refractivity contribution >= 4 is 0 Å². The minimum Gasteiger partial charge on any atom is -0.255 e. The van der Waals surface area contributed by atoms with Crippen LogP contribution in [0.5, 0.6) is 0 Å². The second-order valence-corrected chi connectivity index (χ2v) is 6.14. The van der Waals surface area contributed by atoms with Gasteiger partial charge in [-0.25, -0.2) is 0 Å². The van der Waals surface area contributed by atoms with E-state index in [0.717, 1.165) is 0 Å². The Kier molecular flexibility index (Phi) is 15.9. The minimum absolute atomic E-state index is 0.500. The molecule has 0 atom stereocenters. The first-order valence-corrected chi connectivity index (χ1v) is 7.44. The highest BCUT2D eigenvalue weighted by Gasteiger charge is 2.08. The molecule has 0 rings (SSSR count). The van der Waals surface area contributed by atoms with E-state index in [-0.39, 0.29) is 0 Å². The quantitative estimate of drug-likeness (QED) is 0.405. The Bertz CT molecular complexity index is 124. The van der Waals surface area contributed by atoms with Crippen LogP contribution in [0.4, 0.5) is 4.39 Å². The molecule has 0 aromatic rings. The summed E-state index contributed by atoms with van der Waals surface area (Å²) in [5.74, 6) is 0. The van der Waals surface area contributed by atoms with Crippen LogP contribution >= 0.6 is 0 Å². The molecule has 106 valence electrons. The second-order valence-electron chi connectivity index (χ2n) is 6.14. The largest absolute Gasteiger partial charge is 0.255 e. The zero-order valence-electron chi connectivity index (χ0n) is 12.9.